The van der Waals surface area contributed by atoms with Crippen LogP contribution >= 0.6 is 0 Å². The number of halogens is 1. The number of nitrogens with one attached hydrogen (secondary N) is 1. The third-order valence-corrected chi connectivity index (χ3v) is 6.95. The number of rotatable bonds is 9. The van der Waals surface area contributed by atoms with E-state index in [1.54, 1.807) is 25.1 Å². The minimum atomic E-state index is -0.713. The molecule has 1 atom stereocenters. The number of carbonyl (C=O) groups excluding carboxylic acids is 2. The molecule has 3 aromatic rings. The summed E-state index contributed by atoms with van der Waals surface area (Å²) in [6.07, 6.45) is 4.32. The van der Waals surface area contributed by atoms with E-state index < -0.39 is 6.04 Å². The van der Waals surface area contributed by atoms with Gasteiger partial charge < -0.3 is 10.2 Å². The molecule has 1 aliphatic carbocycles. The average molecular weight is 473 g/mol. The molecule has 0 heterocycles. The van der Waals surface area contributed by atoms with Crippen molar-refractivity contribution in [1.82, 2.24) is 10.2 Å². The van der Waals surface area contributed by atoms with Crippen molar-refractivity contribution in [1.29, 1.82) is 0 Å². The first-order valence-corrected chi connectivity index (χ1v) is 12.5. The minimum absolute atomic E-state index is 0.0427. The summed E-state index contributed by atoms with van der Waals surface area (Å²) in [6.45, 7) is 1.78. The van der Waals surface area contributed by atoms with E-state index in [2.05, 4.69) is 5.32 Å². The Balaban J connectivity index is 1.61. The molecule has 35 heavy (non-hydrogen) atoms. The Bertz CT molecular complexity index is 1070. The highest BCUT2D eigenvalue weighted by Crippen LogP contribution is 2.29. The Morgan fingerprint density at radius 3 is 2.00 bits per heavy atom. The van der Waals surface area contributed by atoms with Gasteiger partial charge in [0.2, 0.25) is 11.8 Å². The van der Waals surface area contributed by atoms with Gasteiger partial charge in [0.15, 0.2) is 0 Å². The molecule has 1 fully saturated rings. The highest BCUT2D eigenvalue weighted by Gasteiger charge is 2.31. The zero-order valence-corrected chi connectivity index (χ0v) is 20.2. The average Bonchev–Trinajstić information content (AvgIpc) is 3.40. The summed E-state index contributed by atoms with van der Waals surface area (Å²) >= 11 is 0. The van der Waals surface area contributed by atoms with Gasteiger partial charge in [-0.2, -0.15) is 0 Å². The second-order valence-electron chi connectivity index (χ2n) is 9.36. The van der Waals surface area contributed by atoms with Crippen LogP contribution in [0.1, 0.15) is 61.6 Å². The molecule has 1 aliphatic rings. The molecule has 182 valence electrons. The first kappa shape index (κ1) is 24.6. The SMILES string of the molecule is C[C@@H](C(=O)NC1CCCC1)N(Cc1ccccc1F)C(=O)CC(c1ccccc1)c1ccccc1. The lowest BCUT2D eigenvalue weighted by Crippen LogP contribution is -2.50. The summed E-state index contributed by atoms with van der Waals surface area (Å²) in [5, 5.41) is 3.10. The van der Waals surface area contributed by atoms with Gasteiger partial charge in [0.25, 0.3) is 0 Å². The van der Waals surface area contributed by atoms with Crippen molar-refractivity contribution in [2.24, 2.45) is 0 Å². The highest BCUT2D eigenvalue weighted by molar-refractivity contribution is 5.88. The molecule has 0 aliphatic heterocycles. The van der Waals surface area contributed by atoms with Gasteiger partial charge >= 0.3 is 0 Å². The second kappa shape index (κ2) is 11.8. The number of carbonyl (C=O) groups is 2. The topological polar surface area (TPSA) is 49.4 Å². The number of benzene rings is 3. The zero-order chi connectivity index (χ0) is 24.6. The van der Waals surface area contributed by atoms with Gasteiger partial charge in [0, 0.05) is 30.5 Å². The fourth-order valence-corrected chi connectivity index (χ4v) is 4.88. The lowest BCUT2D eigenvalue weighted by atomic mass is 9.88. The Hall–Kier alpha value is -3.47. The standard InChI is InChI=1S/C30H33FN2O2/c1-22(30(35)32-26-17-9-10-18-26)33(21-25-16-8-11-19-28(25)31)29(34)20-27(23-12-4-2-5-13-23)24-14-6-3-7-15-24/h2-8,11-16,19,22,26-27H,9-10,17-18,20-21H2,1H3,(H,32,35)/t22-/m0/s1. The molecule has 0 unspecified atom stereocenters. The second-order valence-corrected chi connectivity index (χ2v) is 9.36. The van der Waals surface area contributed by atoms with Gasteiger partial charge in [0.1, 0.15) is 11.9 Å². The Morgan fingerprint density at radius 1 is 0.886 bits per heavy atom. The van der Waals surface area contributed by atoms with Gasteiger partial charge in [-0.25, -0.2) is 4.39 Å². The van der Waals surface area contributed by atoms with Gasteiger partial charge in [-0.15, -0.1) is 0 Å². The van der Waals surface area contributed by atoms with Crippen LogP contribution in [0.5, 0.6) is 0 Å². The molecule has 0 saturated heterocycles. The van der Waals surface area contributed by atoms with Crippen molar-refractivity contribution in [3.05, 3.63) is 107 Å². The van der Waals surface area contributed by atoms with E-state index in [0.717, 1.165) is 36.8 Å². The smallest absolute Gasteiger partial charge is 0.242 e. The van der Waals surface area contributed by atoms with Crippen LogP contribution in [0.15, 0.2) is 84.9 Å². The summed E-state index contributed by atoms with van der Waals surface area (Å²) in [5.41, 5.74) is 2.46. The summed E-state index contributed by atoms with van der Waals surface area (Å²) in [6, 6.07) is 25.7. The fourth-order valence-electron chi connectivity index (χ4n) is 4.88. The van der Waals surface area contributed by atoms with E-state index in [4.69, 9.17) is 0 Å². The maximum absolute atomic E-state index is 14.6. The molecule has 4 nitrogen and oxygen atoms in total. The molecule has 3 aromatic carbocycles. The Morgan fingerprint density at radius 2 is 1.43 bits per heavy atom. The van der Waals surface area contributed by atoms with Crippen molar-refractivity contribution in [2.75, 3.05) is 0 Å². The molecule has 1 saturated carbocycles. The van der Waals surface area contributed by atoms with Crippen molar-refractivity contribution in [3.63, 3.8) is 0 Å². The van der Waals surface area contributed by atoms with Crippen molar-refractivity contribution in [3.8, 4) is 0 Å². The maximum Gasteiger partial charge on any atom is 0.242 e. The monoisotopic (exact) mass is 472 g/mol. The Kier molecular flexibility index (Phi) is 8.30. The molecule has 1 N–H and O–H groups in total. The summed E-state index contributed by atoms with van der Waals surface area (Å²) < 4.78 is 14.6. The van der Waals surface area contributed by atoms with E-state index in [1.165, 1.54) is 11.0 Å². The van der Waals surface area contributed by atoms with E-state index in [-0.39, 0.29) is 42.6 Å². The third-order valence-electron chi connectivity index (χ3n) is 6.95. The van der Waals surface area contributed by atoms with E-state index in [1.807, 2.05) is 60.7 Å². The Labute approximate surface area is 207 Å². The summed E-state index contributed by atoms with van der Waals surface area (Å²) in [7, 11) is 0. The first-order chi connectivity index (χ1) is 17.0. The van der Waals surface area contributed by atoms with Crippen molar-refractivity contribution in [2.45, 2.75) is 63.6 Å². The van der Waals surface area contributed by atoms with Crippen LogP contribution in [0.3, 0.4) is 0 Å². The van der Waals surface area contributed by atoms with Crippen LogP contribution < -0.4 is 5.32 Å². The van der Waals surface area contributed by atoms with Gasteiger partial charge in [-0.3, -0.25) is 9.59 Å². The van der Waals surface area contributed by atoms with Crippen LogP contribution in [0, 0.1) is 5.82 Å². The molecule has 0 spiro atoms. The van der Waals surface area contributed by atoms with Gasteiger partial charge in [0.05, 0.1) is 0 Å². The predicted molar refractivity (Wildman–Crippen MR) is 136 cm³/mol. The van der Waals surface area contributed by atoms with E-state index in [9.17, 15) is 14.0 Å². The van der Waals surface area contributed by atoms with Crippen LogP contribution in [-0.2, 0) is 16.1 Å². The van der Waals surface area contributed by atoms with E-state index >= 15 is 0 Å². The normalized spacial score (nSPS) is 14.6. The predicted octanol–water partition coefficient (Wildman–Crippen LogP) is 5.82. The summed E-state index contributed by atoms with van der Waals surface area (Å²) in [4.78, 5) is 28.5. The molecular weight excluding hydrogens is 439 g/mol. The number of hydrogen-bond donors (Lipinski definition) is 1. The van der Waals surface area contributed by atoms with Crippen LogP contribution in [0.4, 0.5) is 4.39 Å². The maximum atomic E-state index is 14.6. The number of amides is 2. The number of hydrogen-bond acceptors (Lipinski definition) is 2. The zero-order valence-electron chi connectivity index (χ0n) is 20.2. The molecular formula is C30H33FN2O2. The fraction of sp³-hybridized carbons (Fsp3) is 0.333. The van der Waals surface area contributed by atoms with Crippen LogP contribution in [0.2, 0.25) is 0 Å². The first-order valence-electron chi connectivity index (χ1n) is 12.5. The van der Waals surface area contributed by atoms with Gasteiger partial charge in [-0.05, 0) is 37.0 Å². The molecule has 0 bridgehead atoms. The molecule has 2 amide bonds. The molecule has 0 radical (unpaired) electrons. The van der Waals surface area contributed by atoms with Gasteiger partial charge in [-0.1, -0.05) is 91.7 Å². The lowest BCUT2D eigenvalue weighted by Gasteiger charge is -2.31. The minimum Gasteiger partial charge on any atom is -0.352 e. The largest absolute Gasteiger partial charge is 0.352 e. The summed E-state index contributed by atoms with van der Waals surface area (Å²) in [5.74, 6) is -0.910. The third kappa shape index (κ3) is 6.36. The quantitative estimate of drug-likeness (QED) is 0.426. The lowest BCUT2D eigenvalue weighted by molar-refractivity contribution is -0.141. The molecule has 5 heteroatoms. The van der Waals surface area contributed by atoms with Crippen molar-refractivity contribution >= 4 is 11.8 Å². The highest BCUT2D eigenvalue weighted by atomic mass is 19.1. The molecule has 0 aromatic heterocycles. The van der Waals surface area contributed by atoms with E-state index in [0.29, 0.717) is 5.56 Å². The van der Waals surface area contributed by atoms with Crippen molar-refractivity contribution < 1.29 is 14.0 Å². The molecule has 4 rings (SSSR count). The van der Waals surface area contributed by atoms with Crippen LogP contribution in [-0.4, -0.2) is 28.8 Å². The van der Waals surface area contributed by atoms with Crippen LogP contribution in [0.25, 0.3) is 0 Å². The number of nitrogens with zero attached hydrogens (tertiary/aromatic N) is 1.